The molecule has 1 saturated carbocycles. The summed E-state index contributed by atoms with van der Waals surface area (Å²) < 4.78 is 12.2. The summed E-state index contributed by atoms with van der Waals surface area (Å²) in [5.41, 5.74) is 0.284. The molecule has 3 nitrogen and oxygen atoms in total. The molecule has 1 atom stereocenters. The molecule has 0 amide bonds. The van der Waals surface area contributed by atoms with E-state index in [1.54, 1.807) is 0 Å². The van der Waals surface area contributed by atoms with Crippen molar-refractivity contribution in [2.75, 3.05) is 32.1 Å². The van der Waals surface area contributed by atoms with Gasteiger partial charge in [-0.25, -0.2) is 0 Å². The molecule has 0 aromatic heterocycles. The van der Waals surface area contributed by atoms with E-state index in [1.807, 2.05) is 0 Å². The molecule has 3 aliphatic rings. The number of hydrogen-bond acceptors (Lipinski definition) is 3. The van der Waals surface area contributed by atoms with Gasteiger partial charge in [-0.05, 0) is 38.5 Å². The van der Waals surface area contributed by atoms with Crippen LogP contribution in [0.25, 0.3) is 0 Å². The van der Waals surface area contributed by atoms with Gasteiger partial charge in [-0.2, -0.15) is 0 Å². The highest BCUT2D eigenvalue weighted by Gasteiger charge is 2.42. The van der Waals surface area contributed by atoms with Crippen LogP contribution in [0.4, 0.5) is 0 Å². The molecule has 0 N–H and O–H groups in total. The molecule has 1 spiro atoms. The maximum Gasteiger partial charge on any atom is 0.0710 e. The molecule has 2 heterocycles. The van der Waals surface area contributed by atoms with E-state index in [0.29, 0.717) is 24.7 Å². The zero-order valence-corrected chi connectivity index (χ0v) is 13.2. The lowest BCUT2D eigenvalue weighted by Gasteiger charge is -2.34. The highest BCUT2D eigenvalue weighted by atomic mass is 35.5. The molecule has 0 aromatic rings. The van der Waals surface area contributed by atoms with Crippen LogP contribution in [0.2, 0.25) is 0 Å². The third-order valence-electron chi connectivity index (χ3n) is 5.28. The van der Waals surface area contributed by atoms with Crippen molar-refractivity contribution in [2.24, 2.45) is 0 Å². The minimum absolute atomic E-state index is 0.284. The van der Waals surface area contributed by atoms with Gasteiger partial charge in [-0.15, -0.1) is 11.6 Å². The summed E-state index contributed by atoms with van der Waals surface area (Å²) >= 11 is 5.67. The van der Waals surface area contributed by atoms with Crippen molar-refractivity contribution in [2.45, 2.75) is 69.2 Å². The van der Waals surface area contributed by atoms with E-state index in [2.05, 4.69) is 4.90 Å². The van der Waals surface area contributed by atoms with Crippen molar-refractivity contribution in [3.05, 3.63) is 0 Å². The van der Waals surface area contributed by atoms with E-state index in [1.165, 1.54) is 38.5 Å². The van der Waals surface area contributed by atoms with Crippen molar-refractivity contribution in [3.63, 3.8) is 0 Å². The van der Waals surface area contributed by atoms with Gasteiger partial charge in [0.15, 0.2) is 0 Å². The third kappa shape index (κ3) is 3.68. The first-order chi connectivity index (χ1) is 9.80. The molecule has 1 unspecified atom stereocenters. The molecule has 116 valence electrons. The number of alkyl halides is 1. The number of likely N-dealkylation sites (tertiary alicyclic amines) is 1. The lowest BCUT2D eigenvalue weighted by atomic mass is 9.98. The molecule has 1 aliphatic carbocycles. The van der Waals surface area contributed by atoms with Gasteiger partial charge in [0.05, 0.1) is 24.4 Å². The summed E-state index contributed by atoms with van der Waals surface area (Å²) in [5.74, 6) is 0.609. The second kappa shape index (κ2) is 6.95. The van der Waals surface area contributed by atoms with Gasteiger partial charge in [0.25, 0.3) is 0 Å². The van der Waals surface area contributed by atoms with E-state index < -0.39 is 0 Å². The topological polar surface area (TPSA) is 21.7 Å². The number of hydrogen-bond donors (Lipinski definition) is 0. The molecule has 3 fully saturated rings. The first-order valence-electron chi connectivity index (χ1n) is 8.37. The Morgan fingerprint density at radius 2 is 1.85 bits per heavy atom. The van der Waals surface area contributed by atoms with Crippen molar-refractivity contribution in [3.8, 4) is 0 Å². The minimum atomic E-state index is 0.284. The standard InChI is InChI=1S/C16H28ClNO2/c17-9-12-19-14-4-10-18(11-5-14)13-15-3-8-16(20-15)6-1-2-7-16/h14-15H,1-13H2. The Labute approximate surface area is 127 Å². The van der Waals surface area contributed by atoms with Crippen LogP contribution in [-0.4, -0.2) is 54.8 Å². The lowest BCUT2D eigenvalue weighted by Crippen LogP contribution is -2.41. The van der Waals surface area contributed by atoms with Crippen LogP contribution >= 0.6 is 11.6 Å². The Morgan fingerprint density at radius 1 is 1.10 bits per heavy atom. The molecule has 0 aromatic carbocycles. The van der Waals surface area contributed by atoms with E-state index in [4.69, 9.17) is 21.1 Å². The maximum absolute atomic E-state index is 6.41. The SMILES string of the molecule is ClCCOC1CCN(CC2CCC3(CCCC3)O2)CC1. The van der Waals surface area contributed by atoms with Gasteiger partial charge >= 0.3 is 0 Å². The van der Waals surface area contributed by atoms with E-state index >= 15 is 0 Å². The van der Waals surface area contributed by atoms with Crippen LogP contribution in [0.1, 0.15) is 51.4 Å². The minimum Gasteiger partial charge on any atom is -0.377 e. The summed E-state index contributed by atoms with van der Waals surface area (Å²) in [6.07, 6.45) is 11.1. The monoisotopic (exact) mass is 301 g/mol. The van der Waals surface area contributed by atoms with Crippen LogP contribution < -0.4 is 0 Å². The van der Waals surface area contributed by atoms with Gasteiger partial charge in [0.2, 0.25) is 0 Å². The maximum atomic E-state index is 6.41. The van der Waals surface area contributed by atoms with E-state index in [0.717, 1.165) is 32.5 Å². The number of halogens is 1. The highest BCUT2D eigenvalue weighted by Crippen LogP contribution is 2.43. The largest absolute Gasteiger partial charge is 0.377 e. The number of piperidine rings is 1. The smallest absolute Gasteiger partial charge is 0.0710 e. The van der Waals surface area contributed by atoms with Crippen molar-refractivity contribution < 1.29 is 9.47 Å². The Bertz CT molecular complexity index is 299. The van der Waals surface area contributed by atoms with Crippen LogP contribution in [0.5, 0.6) is 0 Å². The zero-order chi connectivity index (χ0) is 13.8. The fourth-order valence-corrected chi connectivity index (χ4v) is 4.26. The van der Waals surface area contributed by atoms with E-state index in [-0.39, 0.29) is 5.60 Å². The molecule has 2 aliphatic heterocycles. The highest BCUT2D eigenvalue weighted by molar-refractivity contribution is 6.17. The zero-order valence-electron chi connectivity index (χ0n) is 12.5. The number of rotatable bonds is 5. The number of ether oxygens (including phenoxy) is 2. The van der Waals surface area contributed by atoms with Crippen LogP contribution in [0, 0.1) is 0 Å². The summed E-state index contributed by atoms with van der Waals surface area (Å²) in [4.78, 5) is 2.57. The van der Waals surface area contributed by atoms with Gasteiger partial charge < -0.3 is 14.4 Å². The Morgan fingerprint density at radius 3 is 2.55 bits per heavy atom. The third-order valence-corrected chi connectivity index (χ3v) is 5.43. The quantitative estimate of drug-likeness (QED) is 0.728. The normalized spacial score (nSPS) is 31.4. The fraction of sp³-hybridized carbons (Fsp3) is 1.00. The molecule has 0 bridgehead atoms. The molecule has 20 heavy (non-hydrogen) atoms. The molecule has 4 heteroatoms. The summed E-state index contributed by atoms with van der Waals surface area (Å²) in [6.45, 7) is 4.13. The van der Waals surface area contributed by atoms with Gasteiger partial charge in [-0.3, -0.25) is 0 Å². The second-order valence-electron chi connectivity index (χ2n) is 6.73. The summed E-state index contributed by atoms with van der Waals surface area (Å²) in [5, 5.41) is 0. The number of nitrogens with zero attached hydrogens (tertiary/aromatic N) is 1. The van der Waals surface area contributed by atoms with Crippen LogP contribution in [-0.2, 0) is 9.47 Å². The first-order valence-corrected chi connectivity index (χ1v) is 8.91. The van der Waals surface area contributed by atoms with Crippen molar-refractivity contribution in [1.82, 2.24) is 4.90 Å². The lowest BCUT2D eigenvalue weighted by molar-refractivity contribution is -0.0555. The molecular formula is C16H28ClNO2. The Balaban J connectivity index is 1.37. The average molecular weight is 302 g/mol. The van der Waals surface area contributed by atoms with Crippen LogP contribution in [0.15, 0.2) is 0 Å². The van der Waals surface area contributed by atoms with Gasteiger partial charge in [0, 0.05) is 25.5 Å². The first kappa shape index (κ1) is 15.1. The molecule has 3 rings (SSSR count). The van der Waals surface area contributed by atoms with Crippen LogP contribution in [0.3, 0.4) is 0 Å². The van der Waals surface area contributed by atoms with Crippen molar-refractivity contribution >= 4 is 11.6 Å². The van der Waals surface area contributed by atoms with E-state index in [9.17, 15) is 0 Å². The van der Waals surface area contributed by atoms with Gasteiger partial charge in [0.1, 0.15) is 0 Å². The second-order valence-corrected chi connectivity index (χ2v) is 7.11. The molecule has 0 radical (unpaired) electrons. The Kier molecular flexibility index (Phi) is 5.24. The Hall–Kier alpha value is 0.170. The predicted octanol–water partition coefficient (Wildman–Crippen LogP) is 3.20. The molecular weight excluding hydrogens is 274 g/mol. The summed E-state index contributed by atoms with van der Waals surface area (Å²) in [7, 11) is 0. The predicted molar refractivity (Wildman–Crippen MR) is 81.4 cm³/mol. The van der Waals surface area contributed by atoms with Gasteiger partial charge in [-0.1, -0.05) is 12.8 Å². The van der Waals surface area contributed by atoms with Crippen molar-refractivity contribution in [1.29, 1.82) is 0 Å². The average Bonchev–Trinajstić information content (AvgIpc) is 3.09. The summed E-state index contributed by atoms with van der Waals surface area (Å²) in [6, 6.07) is 0. The molecule has 2 saturated heterocycles. The fourth-order valence-electron chi connectivity index (χ4n) is 4.17.